The zero-order valence-corrected chi connectivity index (χ0v) is 14.7. The van der Waals surface area contributed by atoms with Crippen LogP contribution >= 0.6 is 27.3 Å². The Morgan fingerprint density at radius 1 is 1.10 bits per heavy atom. The minimum Gasteiger partial charge on any atom is -0.326 e. The number of fused-ring (bicyclic) bond motifs is 1. The third kappa shape index (κ3) is 3.39. The van der Waals surface area contributed by atoms with Gasteiger partial charge in [0, 0.05) is 24.0 Å². The Morgan fingerprint density at radius 3 is 2.19 bits per heavy atom. The van der Waals surface area contributed by atoms with E-state index in [0.717, 1.165) is 25.9 Å². The largest absolute Gasteiger partial charge is 0.326 e. The summed E-state index contributed by atoms with van der Waals surface area (Å²) in [5.74, 6) is 0. The van der Waals surface area contributed by atoms with Crippen LogP contribution in [0.5, 0.6) is 0 Å². The van der Waals surface area contributed by atoms with Crippen LogP contribution in [0.1, 0.15) is 29.0 Å². The highest BCUT2D eigenvalue weighted by molar-refractivity contribution is 9.11. The van der Waals surface area contributed by atoms with Crippen molar-refractivity contribution in [3.05, 3.63) is 56.2 Å². The quantitative estimate of drug-likeness (QED) is 0.891. The Hall–Kier alpha value is -0.680. The maximum Gasteiger partial charge on any atom is 0.0702 e. The van der Waals surface area contributed by atoms with Gasteiger partial charge in [-0.3, -0.25) is 4.90 Å². The summed E-state index contributed by atoms with van der Waals surface area (Å²) in [4.78, 5) is 3.92. The number of hydrogen-bond donors (Lipinski definition) is 1. The molecule has 1 aromatic heterocycles. The van der Waals surface area contributed by atoms with Crippen molar-refractivity contribution in [3.63, 3.8) is 0 Å². The van der Waals surface area contributed by atoms with Crippen LogP contribution < -0.4 is 5.73 Å². The zero-order valence-electron chi connectivity index (χ0n) is 12.3. The zero-order chi connectivity index (χ0) is 14.8. The first-order valence-corrected chi connectivity index (χ1v) is 9.08. The molecular formula is C17H21BrN2S. The van der Waals surface area contributed by atoms with E-state index in [1.807, 2.05) is 0 Å². The third-order valence-corrected chi connectivity index (χ3v) is 5.93. The fraction of sp³-hybridized carbons (Fsp3) is 0.412. The van der Waals surface area contributed by atoms with Crippen molar-refractivity contribution in [1.29, 1.82) is 0 Å². The molecule has 0 aliphatic carbocycles. The van der Waals surface area contributed by atoms with Crippen LogP contribution in [0.3, 0.4) is 0 Å². The Bertz CT molecular complexity index is 581. The molecule has 0 saturated carbocycles. The minimum absolute atomic E-state index is 0.136. The molecule has 1 aliphatic heterocycles. The lowest BCUT2D eigenvalue weighted by Crippen LogP contribution is -2.40. The van der Waals surface area contributed by atoms with Crippen LogP contribution in [0.15, 0.2) is 40.2 Å². The molecule has 4 heteroatoms. The van der Waals surface area contributed by atoms with Gasteiger partial charge in [0.25, 0.3) is 0 Å². The van der Waals surface area contributed by atoms with Gasteiger partial charge in [0.05, 0.1) is 9.83 Å². The molecule has 3 rings (SSSR count). The van der Waals surface area contributed by atoms with E-state index >= 15 is 0 Å². The van der Waals surface area contributed by atoms with Crippen molar-refractivity contribution in [3.8, 4) is 0 Å². The third-order valence-electron chi connectivity index (χ3n) is 4.23. The summed E-state index contributed by atoms with van der Waals surface area (Å²) in [5.41, 5.74) is 9.31. The van der Waals surface area contributed by atoms with E-state index in [9.17, 15) is 0 Å². The lowest BCUT2D eigenvalue weighted by atomic mass is 10.0. The minimum atomic E-state index is 0.136. The van der Waals surface area contributed by atoms with Crippen molar-refractivity contribution >= 4 is 27.3 Å². The van der Waals surface area contributed by atoms with E-state index in [2.05, 4.69) is 64.2 Å². The monoisotopic (exact) mass is 364 g/mol. The van der Waals surface area contributed by atoms with E-state index in [1.54, 1.807) is 11.3 Å². The Balaban J connectivity index is 1.82. The Kier molecular flexibility index (Phi) is 4.79. The van der Waals surface area contributed by atoms with Gasteiger partial charge in [0.15, 0.2) is 0 Å². The van der Waals surface area contributed by atoms with Crippen LogP contribution in [0.4, 0.5) is 0 Å². The molecule has 2 heterocycles. The van der Waals surface area contributed by atoms with E-state index in [1.165, 1.54) is 19.8 Å². The second kappa shape index (κ2) is 6.61. The van der Waals surface area contributed by atoms with Crippen molar-refractivity contribution in [2.24, 2.45) is 5.73 Å². The van der Waals surface area contributed by atoms with Gasteiger partial charge < -0.3 is 5.73 Å². The van der Waals surface area contributed by atoms with Crippen molar-refractivity contribution in [2.45, 2.75) is 31.8 Å². The van der Waals surface area contributed by atoms with Crippen molar-refractivity contribution in [2.75, 3.05) is 13.1 Å². The van der Waals surface area contributed by atoms with Crippen LogP contribution in [0, 0.1) is 0 Å². The molecule has 2 N–H and O–H groups in total. The lowest BCUT2D eigenvalue weighted by Gasteiger charge is -2.32. The van der Waals surface area contributed by atoms with E-state index in [-0.39, 0.29) is 6.04 Å². The molecule has 112 valence electrons. The Morgan fingerprint density at radius 2 is 1.71 bits per heavy atom. The number of nitrogens with two attached hydrogens (primary N) is 1. The molecule has 21 heavy (non-hydrogen) atoms. The normalized spacial score (nSPS) is 18.8. The number of hydrogen-bond acceptors (Lipinski definition) is 3. The average Bonchev–Trinajstić information content (AvgIpc) is 2.76. The van der Waals surface area contributed by atoms with Gasteiger partial charge in [-0.1, -0.05) is 24.3 Å². The summed E-state index contributed by atoms with van der Waals surface area (Å²) in [6.45, 7) is 4.29. The molecule has 0 bridgehead atoms. The molecule has 0 amide bonds. The fourth-order valence-corrected chi connectivity index (χ4v) is 4.90. The van der Waals surface area contributed by atoms with Gasteiger partial charge >= 0.3 is 0 Å². The van der Waals surface area contributed by atoms with E-state index in [4.69, 9.17) is 5.73 Å². The van der Waals surface area contributed by atoms with Crippen LogP contribution in [0.25, 0.3) is 0 Å². The highest BCUT2D eigenvalue weighted by atomic mass is 79.9. The van der Waals surface area contributed by atoms with Gasteiger partial charge in [0.1, 0.15) is 0 Å². The number of rotatable bonds is 3. The predicted octanol–water partition coefficient (Wildman–Crippen LogP) is 4.00. The predicted molar refractivity (Wildman–Crippen MR) is 93.8 cm³/mol. The summed E-state index contributed by atoms with van der Waals surface area (Å²) < 4.78 is 1.18. The van der Waals surface area contributed by atoms with Crippen LogP contribution in [-0.2, 0) is 12.8 Å². The number of thiophene rings is 1. The number of benzene rings is 1. The van der Waals surface area contributed by atoms with Gasteiger partial charge in [0.2, 0.25) is 0 Å². The topological polar surface area (TPSA) is 29.3 Å². The van der Waals surface area contributed by atoms with E-state index in [0.29, 0.717) is 6.04 Å². The van der Waals surface area contributed by atoms with Crippen molar-refractivity contribution < 1.29 is 0 Å². The Labute approximate surface area is 139 Å². The van der Waals surface area contributed by atoms with Gasteiger partial charge in [-0.15, -0.1) is 11.3 Å². The molecule has 0 saturated heterocycles. The first-order valence-electron chi connectivity index (χ1n) is 7.47. The van der Waals surface area contributed by atoms with Crippen LogP contribution in [-0.4, -0.2) is 24.0 Å². The van der Waals surface area contributed by atoms with Gasteiger partial charge in [-0.2, -0.15) is 0 Å². The lowest BCUT2D eigenvalue weighted by molar-refractivity contribution is 0.187. The summed E-state index contributed by atoms with van der Waals surface area (Å²) in [6.07, 6.45) is 2.23. The van der Waals surface area contributed by atoms with Gasteiger partial charge in [-0.25, -0.2) is 0 Å². The maximum atomic E-state index is 6.31. The molecule has 2 nitrogen and oxygen atoms in total. The first kappa shape index (κ1) is 15.2. The highest BCUT2D eigenvalue weighted by Gasteiger charge is 2.27. The first-order chi connectivity index (χ1) is 10.1. The SMILES string of the molecule is CC(N)C(c1ccc(Br)s1)N1CCc2ccccc2CC1. The molecule has 2 unspecified atom stereocenters. The summed E-state index contributed by atoms with van der Waals surface area (Å²) in [7, 11) is 0. The van der Waals surface area contributed by atoms with Gasteiger partial charge in [-0.05, 0) is 59.0 Å². The molecular weight excluding hydrogens is 344 g/mol. The molecule has 2 aromatic rings. The molecule has 1 aliphatic rings. The molecule has 0 fully saturated rings. The molecule has 0 spiro atoms. The van der Waals surface area contributed by atoms with E-state index < -0.39 is 0 Å². The summed E-state index contributed by atoms with van der Waals surface area (Å²) in [6, 6.07) is 13.6. The second-order valence-electron chi connectivity index (χ2n) is 5.75. The smallest absolute Gasteiger partial charge is 0.0702 e. The summed E-state index contributed by atoms with van der Waals surface area (Å²) in [5, 5.41) is 0. The summed E-state index contributed by atoms with van der Waals surface area (Å²) >= 11 is 5.37. The highest BCUT2D eigenvalue weighted by Crippen LogP contribution is 2.33. The van der Waals surface area contributed by atoms with Crippen molar-refractivity contribution in [1.82, 2.24) is 4.90 Å². The molecule has 0 radical (unpaired) electrons. The van der Waals surface area contributed by atoms with Crippen LogP contribution in [0.2, 0.25) is 0 Å². The number of nitrogens with zero attached hydrogens (tertiary/aromatic N) is 1. The molecule has 1 aromatic carbocycles. The maximum absolute atomic E-state index is 6.31. The second-order valence-corrected chi connectivity index (χ2v) is 8.25. The fourth-order valence-electron chi connectivity index (χ4n) is 3.22. The average molecular weight is 365 g/mol. The number of halogens is 1. The standard InChI is InChI=1S/C17H21BrN2S/c1-12(19)17(15-6-7-16(18)21-15)20-10-8-13-4-2-3-5-14(13)9-11-20/h2-7,12,17H,8-11,19H2,1H3. The molecule has 2 atom stereocenters.